The number of allylic oxidation sites excluding steroid dienone is 2. The van der Waals surface area contributed by atoms with E-state index in [9.17, 15) is 0 Å². The van der Waals surface area contributed by atoms with Crippen LogP contribution in [0.15, 0.2) is 23.5 Å². The molecule has 1 aliphatic heterocycles. The van der Waals surface area contributed by atoms with Gasteiger partial charge in [0.2, 0.25) is 0 Å². The maximum atomic E-state index is 5.95. The van der Waals surface area contributed by atoms with E-state index in [0.717, 1.165) is 37.3 Å². The molecule has 0 amide bonds. The highest BCUT2D eigenvalue weighted by molar-refractivity contribution is 5.29. The Labute approximate surface area is 98.2 Å². The zero-order chi connectivity index (χ0) is 11.4. The lowest BCUT2D eigenvalue weighted by atomic mass is 9.90. The highest BCUT2D eigenvalue weighted by Gasteiger charge is 2.26. The molecule has 0 bridgehead atoms. The standard InChI is InChI=1S/C13H23N3/c1-13(8-4-5-9-16-13)10-15-12-7-3-2-6-11(12)14/h6-7,15-16H,2-5,8-10,14H2,1H3/t13-/m1/s1. The van der Waals surface area contributed by atoms with Crippen molar-refractivity contribution in [1.29, 1.82) is 0 Å². The molecule has 4 N–H and O–H groups in total. The van der Waals surface area contributed by atoms with Crippen LogP contribution in [0.5, 0.6) is 0 Å². The second-order valence-electron chi connectivity index (χ2n) is 5.15. The molecule has 0 unspecified atom stereocenters. The molecular formula is C13H23N3. The van der Waals surface area contributed by atoms with Gasteiger partial charge in [-0.1, -0.05) is 18.6 Å². The molecule has 1 atom stereocenters. The van der Waals surface area contributed by atoms with Crippen LogP contribution < -0.4 is 16.4 Å². The van der Waals surface area contributed by atoms with Crippen LogP contribution in [0.4, 0.5) is 0 Å². The summed E-state index contributed by atoms with van der Waals surface area (Å²) in [6, 6.07) is 0. The molecule has 0 aromatic heterocycles. The van der Waals surface area contributed by atoms with Crippen molar-refractivity contribution in [3.63, 3.8) is 0 Å². The predicted octanol–water partition coefficient (Wildman–Crippen LogP) is 1.63. The predicted molar refractivity (Wildman–Crippen MR) is 67.8 cm³/mol. The molecular weight excluding hydrogens is 198 g/mol. The first-order valence-electron chi connectivity index (χ1n) is 6.35. The first-order valence-corrected chi connectivity index (χ1v) is 6.35. The Morgan fingerprint density at radius 3 is 2.88 bits per heavy atom. The summed E-state index contributed by atoms with van der Waals surface area (Å²) in [5.41, 5.74) is 8.21. The smallest absolute Gasteiger partial charge is 0.0530 e. The van der Waals surface area contributed by atoms with E-state index in [2.05, 4.69) is 29.7 Å². The summed E-state index contributed by atoms with van der Waals surface area (Å²) in [7, 11) is 0. The van der Waals surface area contributed by atoms with E-state index in [1.165, 1.54) is 19.3 Å². The highest BCUT2D eigenvalue weighted by Crippen LogP contribution is 2.19. The van der Waals surface area contributed by atoms with Gasteiger partial charge in [-0.25, -0.2) is 0 Å². The van der Waals surface area contributed by atoms with Crippen molar-refractivity contribution in [2.45, 2.75) is 44.6 Å². The number of piperidine rings is 1. The Bertz CT molecular complexity index is 298. The number of rotatable bonds is 3. The SMILES string of the molecule is C[C@]1(CNC2=CCCC=C2N)CCCCN1. The molecule has 0 spiro atoms. The largest absolute Gasteiger partial charge is 0.397 e. The molecule has 1 heterocycles. The van der Waals surface area contributed by atoms with Crippen molar-refractivity contribution in [3.8, 4) is 0 Å². The van der Waals surface area contributed by atoms with Gasteiger partial charge in [0.25, 0.3) is 0 Å². The third-order valence-electron chi connectivity index (χ3n) is 3.57. The minimum Gasteiger partial charge on any atom is -0.397 e. The third-order valence-corrected chi connectivity index (χ3v) is 3.57. The second kappa shape index (κ2) is 4.91. The Balaban J connectivity index is 1.86. The first kappa shape index (κ1) is 11.5. The van der Waals surface area contributed by atoms with Crippen LogP contribution in [0.25, 0.3) is 0 Å². The Morgan fingerprint density at radius 2 is 2.19 bits per heavy atom. The maximum absolute atomic E-state index is 5.95. The van der Waals surface area contributed by atoms with Gasteiger partial charge < -0.3 is 16.4 Å². The Hall–Kier alpha value is -0.960. The molecule has 3 heteroatoms. The van der Waals surface area contributed by atoms with E-state index >= 15 is 0 Å². The second-order valence-corrected chi connectivity index (χ2v) is 5.15. The monoisotopic (exact) mass is 221 g/mol. The third kappa shape index (κ3) is 2.79. The van der Waals surface area contributed by atoms with E-state index in [0.29, 0.717) is 0 Å². The lowest BCUT2D eigenvalue weighted by molar-refractivity contribution is 0.273. The number of hydrogen-bond donors (Lipinski definition) is 3. The average molecular weight is 221 g/mol. The summed E-state index contributed by atoms with van der Waals surface area (Å²) in [4.78, 5) is 0. The van der Waals surface area contributed by atoms with Crippen LogP contribution in [0.2, 0.25) is 0 Å². The van der Waals surface area contributed by atoms with Crippen molar-refractivity contribution in [2.24, 2.45) is 5.73 Å². The first-order chi connectivity index (χ1) is 7.70. The van der Waals surface area contributed by atoms with Crippen LogP contribution >= 0.6 is 0 Å². The summed E-state index contributed by atoms with van der Waals surface area (Å²) in [5, 5.41) is 7.09. The highest BCUT2D eigenvalue weighted by atomic mass is 15.0. The number of nitrogens with two attached hydrogens (primary N) is 1. The molecule has 2 rings (SSSR count). The van der Waals surface area contributed by atoms with Crippen molar-refractivity contribution in [3.05, 3.63) is 23.5 Å². The Morgan fingerprint density at radius 1 is 1.38 bits per heavy atom. The van der Waals surface area contributed by atoms with E-state index in [-0.39, 0.29) is 5.54 Å². The lowest BCUT2D eigenvalue weighted by Gasteiger charge is -2.36. The van der Waals surface area contributed by atoms with Gasteiger partial charge in [-0.3, -0.25) is 0 Å². The minimum absolute atomic E-state index is 0.233. The van der Waals surface area contributed by atoms with Gasteiger partial charge in [0.1, 0.15) is 0 Å². The van der Waals surface area contributed by atoms with Crippen LogP contribution in [-0.4, -0.2) is 18.6 Å². The molecule has 0 saturated carbocycles. The summed E-state index contributed by atoms with van der Waals surface area (Å²) in [6.45, 7) is 4.40. The molecule has 90 valence electrons. The van der Waals surface area contributed by atoms with E-state index in [4.69, 9.17) is 5.73 Å². The molecule has 1 aliphatic carbocycles. The molecule has 0 radical (unpaired) electrons. The van der Waals surface area contributed by atoms with Gasteiger partial charge in [0.05, 0.1) is 11.4 Å². The lowest BCUT2D eigenvalue weighted by Crippen LogP contribution is -2.52. The molecule has 1 saturated heterocycles. The summed E-state index contributed by atoms with van der Waals surface area (Å²) >= 11 is 0. The quantitative estimate of drug-likeness (QED) is 0.679. The van der Waals surface area contributed by atoms with Gasteiger partial charge in [0, 0.05) is 12.1 Å². The van der Waals surface area contributed by atoms with Gasteiger partial charge >= 0.3 is 0 Å². The van der Waals surface area contributed by atoms with Gasteiger partial charge in [-0.05, 0) is 39.2 Å². The van der Waals surface area contributed by atoms with Crippen molar-refractivity contribution >= 4 is 0 Å². The van der Waals surface area contributed by atoms with E-state index in [1.54, 1.807) is 0 Å². The molecule has 1 fully saturated rings. The fourth-order valence-corrected chi connectivity index (χ4v) is 2.43. The Kier molecular flexibility index (Phi) is 3.54. The van der Waals surface area contributed by atoms with Crippen LogP contribution in [0.3, 0.4) is 0 Å². The van der Waals surface area contributed by atoms with E-state index < -0.39 is 0 Å². The van der Waals surface area contributed by atoms with Crippen LogP contribution in [0.1, 0.15) is 39.0 Å². The van der Waals surface area contributed by atoms with Crippen LogP contribution in [0, 0.1) is 0 Å². The zero-order valence-electron chi connectivity index (χ0n) is 10.2. The fourth-order valence-electron chi connectivity index (χ4n) is 2.43. The molecule has 0 aromatic rings. The fraction of sp³-hybridized carbons (Fsp3) is 0.692. The van der Waals surface area contributed by atoms with Gasteiger partial charge in [-0.2, -0.15) is 0 Å². The average Bonchev–Trinajstić information content (AvgIpc) is 2.29. The summed E-state index contributed by atoms with van der Waals surface area (Å²) < 4.78 is 0. The molecule has 2 aliphatic rings. The molecule has 0 aromatic carbocycles. The van der Waals surface area contributed by atoms with Crippen molar-refractivity contribution in [2.75, 3.05) is 13.1 Å². The van der Waals surface area contributed by atoms with Crippen molar-refractivity contribution in [1.82, 2.24) is 10.6 Å². The van der Waals surface area contributed by atoms with Gasteiger partial charge in [0.15, 0.2) is 0 Å². The number of hydrogen-bond acceptors (Lipinski definition) is 3. The zero-order valence-corrected chi connectivity index (χ0v) is 10.2. The summed E-state index contributed by atoms with van der Waals surface area (Å²) in [6.07, 6.45) is 10.4. The molecule has 16 heavy (non-hydrogen) atoms. The van der Waals surface area contributed by atoms with Crippen LogP contribution in [-0.2, 0) is 0 Å². The van der Waals surface area contributed by atoms with Crippen molar-refractivity contribution < 1.29 is 0 Å². The summed E-state index contributed by atoms with van der Waals surface area (Å²) in [5.74, 6) is 0. The van der Waals surface area contributed by atoms with E-state index in [1.807, 2.05) is 0 Å². The maximum Gasteiger partial charge on any atom is 0.0530 e. The van der Waals surface area contributed by atoms with Gasteiger partial charge in [-0.15, -0.1) is 0 Å². The normalized spacial score (nSPS) is 30.6. The minimum atomic E-state index is 0.233. The topological polar surface area (TPSA) is 50.1 Å². The number of nitrogens with one attached hydrogen (secondary N) is 2. The molecule has 3 nitrogen and oxygen atoms in total.